The van der Waals surface area contributed by atoms with Gasteiger partial charge in [-0.25, -0.2) is 0 Å². The number of aliphatic hydroxyl groups excluding tert-OH is 1. The van der Waals surface area contributed by atoms with Gasteiger partial charge < -0.3 is 5.11 Å². The maximum absolute atomic E-state index is 10.4. The maximum atomic E-state index is 10.4. The first kappa shape index (κ1) is 21.2. The summed E-state index contributed by atoms with van der Waals surface area (Å²) in [5.41, 5.74) is 1.11. The molecule has 4 rings (SSSR count). The minimum Gasteiger partial charge on any atom is -0.393 e. The fraction of sp³-hybridized carbons (Fsp3) is 1.00. The second-order valence-electron chi connectivity index (χ2n) is 12.7. The topological polar surface area (TPSA) is 20.2 Å². The predicted molar refractivity (Wildman–Crippen MR) is 119 cm³/mol. The third-order valence-corrected chi connectivity index (χ3v) is 10.9. The van der Waals surface area contributed by atoms with Crippen LogP contribution in [0.15, 0.2) is 0 Å². The van der Waals surface area contributed by atoms with Crippen LogP contribution in [0.4, 0.5) is 0 Å². The van der Waals surface area contributed by atoms with E-state index in [0.29, 0.717) is 10.8 Å². The fourth-order valence-electron chi connectivity index (χ4n) is 9.82. The minimum atomic E-state index is -0.0229. The number of fused-ring (bicyclic) bond motifs is 5. The molecule has 0 radical (unpaired) electrons. The van der Waals surface area contributed by atoms with Crippen molar-refractivity contribution in [2.75, 3.05) is 0 Å². The summed E-state index contributed by atoms with van der Waals surface area (Å²) < 4.78 is 0. The lowest BCUT2D eigenvalue weighted by molar-refractivity contribution is -0.152. The molecular formula is C27H48O. The fourth-order valence-corrected chi connectivity index (χ4v) is 9.82. The smallest absolute Gasteiger partial charge is 0.0543 e. The first-order valence-electron chi connectivity index (χ1n) is 12.9. The van der Waals surface area contributed by atoms with E-state index in [1.54, 1.807) is 0 Å². The van der Waals surface area contributed by atoms with E-state index in [9.17, 15) is 5.11 Å². The summed E-state index contributed by atoms with van der Waals surface area (Å²) in [4.78, 5) is 0. The van der Waals surface area contributed by atoms with E-state index in [4.69, 9.17) is 0 Å². The molecule has 1 heteroatoms. The van der Waals surface area contributed by atoms with Crippen molar-refractivity contribution >= 4 is 0 Å². The highest BCUT2D eigenvalue weighted by Crippen LogP contribution is 2.69. The van der Waals surface area contributed by atoms with Gasteiger partial charge in [-0.1, -0.05) is 48.0 Å². The van der Waals surface area contributed by atoms with Crippen molar-refractivity contribution in [2.45, 2.75) is 112 Å². The lowest BCUT2D eigenvalue weighted by Crippen LogP contribution is -2.56. The average Bonchev–Trinajstić information content (AvgIpc) is 2.98. The van der Waals surface area contributed by atoms with Gasteiger partial charge in [0.15, 0.2) is 0 Å². The lowest BCUT2D eigenvalue weighted by atomic mass is 9.42. The van der Waals surface area contributed by atoms with Crippen LogP contribution >= 0.6 is 0 Å². The molecule has 1 nitrogen and oxygen atoms in total. The van der Waals surface area contributed by atoms with Crippen molar-refractivity contribution in [1.29, 1.82) is 0 Å². The summed E-state index contributed by atoms with van der Waals surface area (Å²) in [6, 6.07) is 0. The Hall–Kier alpha value is -0.0400. The number of hydrogen-bond donors (Lipinski definition) is 1. The summed E-state index contributed by atoms with van der Waals surface area (Å²) in [6.07, 6.45) is 13.6. The number of hydrogen-bond acceptors (Lipinski definition) is 1. The molecule has 0 bridgehead atoms. The number of rotatable bonds is 4. The van der Waals surface area contributed by atoms with Crippen molar-refractivity contribution in [3.05, 3.63) is 0 Å². The third kappa shape index (κ3) is 3.21. The molecule has 0 aromatic rings. The summed E-state index contributed by atoms with van der Waals surface area (Å²) >= 11 is 0. The average molecular weight is 389 g/mol. The van der Waals surface area contributed by atoms with Crippen LogP contribution in [0.25, 0.3) is 0 Å². The van der Waals surface area contributed by atoms with Gasteiger partial charge in [-0.15, -0.1) is 0 Å². The summed E-state index contributed by atoms with van der Waals surface area (Å²) in [7, 11) is 0. The molecule has 4 saturated carbocycles. The van der Waals surface area contributed by atoms with E-state index in [0.717, 1.165) is 60.2 Å². The molecule has 162 valence electrons. The highest BCUT2D eigenvalue weighted by atomic mass is 16.3. The van der Waals surface area contributed by atoms with Gasteiger partial charge in [-0.05, 0) is 116 Å². The molecule has 4 aliphatic rings. The monoisotopic (exact) mass is 388 g/mol. The van der Waals surface area contributed by atoms with Crippen LogP contribution in [0.5, 0.6) is 0 Å². The molecule has 4 fully saturated rings. The molecule has 0 aromatic heterocycles. The standard InChI is InChI=1S/C27H48O/c1-7-19-15-21-23-9-8-22(18(4)14-17(2)3)26(23,5)13-11-24(21)27(6)12-10-20(28)16-25(19)27/h17-25,28H,7-16H2,1-6H3/t18-,19+,20-,21?,22?,23?,24?,25+,26-,27-/m1/s1. The summed E-state index contributed by atoms with van der Waals surface area (Å²) in [5, 5.41) is 10.4. The molecule has 0 amide bonds. The molecule has 4 unspecified atom stereocenters. The van der Waals surface area contributed by atoms with Crippen LogP contribution in [-0.2, 0) is 0 Å². The molecular weight excluding hydrogens is 340 g/mol. The third-order valence-electron chi connectivity index (χ3n) is 10.9. The van der Waals surface area contributed by atoms with Crippen LogP contribution in [0, 0.1) is 58.2 Å². The molecule has 10 atom stereocenters. The molecule has 1 N–H and O–H groups in total. The quantitative estimate of drug-likeness (QED) is 0.534. The second-order valence-corrected chi connectivity index (χ2v) is 12.7. The van der Waals surface area contributed by atoms with Gasteiger partial charge in [0.25, 0.3) is 0 Å². The first-order chi connectivity index (χ1) is 13.2. The van der Waals surface area contributed by atoms with E-state index in [1.807, 2.05) is 0 Å². The Balaban J connectivity index is 1.60. The molecule has 28 heavy (non-hydrogen) atoms. The van der Waals surface area contributed by atoms with Crippen LogP contribution in [0.1, 0.15) is 106 Å². The zero-order valence-corrected chi connectivity index (χ0v) is 19.7. The van der Waals surface area contributed by atoms with Crippen LogP contribution in [0.3, 0.4) is 0 Å². The van der Waals surface area contributed by atoms with Gasteiger partial charge in [0, 0.05) is 0 Å². The SMILES string of the molecule is CC[C@H]1CC2C3CCC([C@H](C)CC(C)C)[C@@]3(C)CCC2[C@@]2(C)CC[C@@H](O)C[C@@H]12. The summed E-state index contributed by atoms with van der Waals surface area (Å²) in [6.45, 7) is 15.2. The van der Waals surface area contributed by atoms with Crippen LogP contribution in [0.2, 0.25) is 0 Å². The Morgan fingerprint density at radius 1 is 0.857 bits per heavy atom. The largest absolute Gasteiger partial charge is 0.393 e. The van der Waals surface area contributed by atoms with Gasteiger partial charge in [-0.2, -0.15) is 0 Å². The van der Waals surface area contributed by atoms with Crippen LogP contribution < -0.4 is 0 Å². The van der Waals surface area contributed by atoms with Crippen molar-refractivity contribution in [3.63, 3.8) is 0 Å². The van der Waals surface area contributed by atoms with Gasteiger partial charge in [0.05, 0.1) is 6.10 Å². The minimum absolute atomic E-state index is 0.0229. The Morgan fingerprint density at radius 2 is 1.54 bits per heavy atom. The first-order valence-corrected chi connectivity index (χ1v) is 12.9. The Bertz CT molecular complexity index is 554. The zero-order valence-electron chi connectivity index (χ0n) is 19.7. The van der Waals surface area contributed by atoms with E-state index >= 15 is 0 Å². The molecule has 0 aromatic carbocycles. The normalized spacial score (nSPS) is 52.1. The van der Waals surface area contributed by atoms with E-state index < -0.39 is 0 Å². The van der Waals surface area contributed by atoms with Crippen molar-refractivity contribution in [1.82, 2.24) is 0 Å². The van der Waals surface area contributed by atoms with Crippen LogP contribution in [-0.4, -0.2) is 11.2 Å². The lowest BCUT2D eigenvalue weighted by Gasteiger charge is -2.63. The molecule has 0 heterocycles. The van der Waals surface area contributed by atoms with E-state index in [-0.39, 0.29) is 6.10 Å². The summed E-state index contributed by atoms with van der Waals surface area (Å²) in [5.74, 6) is 7.21. The Labute approximate surface area is 175 Å². The molecule has 4 aliphatic carbocycles. The zero-order chi connectivity index (χ0) is 20.3. The predicted octanol–water partition coefficient (Wildman–Crippen LogP) is 7.32. The Kier molecular flexibility index (Phi) is 5.74. The van der Waals surface area contributed by atoms with Gasteiger partial charge in [-0.3, -0.25) is 0 Å². The molecule has 0 saturated heterocycles. The highest BCUT2D eigenvalue weighted by molar-refractivity contribution is 5.11. The second kappa shape index (κ2) is 7.58. The van der Waals surface area contributed by atoms with Crippen molar-refractivity contribution in [3.8, 4) is 0 Å². The Morgan fingerprint density at radius 3 is 2.21 bits per heavy atom. The van der Waals surface area contributed by atoms with E-state index in [2.05, 4.69) is 41.5 Å². The van der Waals surface area contributed by atoms with Crippen molar-refractivity contribution < 1.29 is 5.11 Å². The number of aliphatic hydroxyl groups is 1. The van der Waals surface area contributed by atoms with Gasteiger partial charge in [0.2, 0.25) is 0 Å². The molecule has 0 aliphatic heterocycles. The van der Waals surface area contributed by atoms with Crippen molar-refractivity contribution in [2.24, 2.45) is 58.2 Å². The highest BCUT2D eigenvalue weighted by Gasteiger charge is 2.62. The maximum Gasteiger partial charge on any atom is 0.0543 e. The molecule has 0 spiro atoms. The van der Waals surface area contributed by atoms with E-state index in [1.165, 1.54) is 51.4 Å². The van der Waals surface area contributed by atoms with Gasteiger partial charge >= 0.3 is 0 Å². The van der Waals surface area contributed by atoms with Gasteiger partial charge in [0.1, 0.15) is 0 Å².